The third kappa shape index (κ3) is 2.95. The smallest absolute Gasteiger partial charge is 0.300 e. The predicted octanol–water partition coefficient (Wildman–Crippen LogP) is 5.60. The molecule has 1 heterocycles. The highest BCUT2D eigenvalue weighted by atomic mass is 32.2. The van der Waals surface area contributed by atoms with Crippen LogP contribution in [0.25, 0.3) is 11.1 Å². The van der Waals surface area contributed by atoms with Crippen molar-refractivity contribution >= 4 is 23.5 Å². The first kappa shape index (κ1) is 15.7. The van der Waals surface area contributed by atoms with E-state index in [0.717, 1.165) is 35.5 Å². The van der Waals surface area contributed by atoms with Crippen molar-refractivity contribution < 1.29 is 13.2 Å². The van der Waals surface area contributed by atoms with E-state index >= 15 is 0 Å². The van der Waals surface area contributed by atoms with Gasteiger partial charge < -0.3 is 0 Å². The van der Waals surface area contributed by atoms with Crippen LogP contribution in [-0.4, -0.2) is 13.6 Å². The van der Waals surface area contributed by atoms with Gasteiger partial charge in [-0.05, 0) is 54.2 Å². The summed E-state index contributed by atoms with van der Waals surface area (Å²) < 4.78 is 43.1. The monoisotopic (exact) mass is 350 g/mol. The van der Waals surface area contributed by atoms with Gasteiger partial charge in [0.2, 0.25) is 0 Å². The van der Waals surface area contributed by atoms with Gasteiger partial charge in [0.05, 0.1) is 29.1 Å². The Labute approximate surface area is 143 Å². The number of fused-ring (bicyclic) bond motifs is 1. The van der Waals surface area contributed by atoms with E-state index in [2.05, 4.69) is 8.61 Å². The molecule has 0 N–H and O–H groups in total. The molecule has 2 aliphatic rings. The number of anilines is 2. The Morgan fingerprint density at radius 2 is 1.79 bits per heavy atom. The van der Waals surface area contributed by atoms with E-state index in [1.807, 2.05) is 25.2 Å². The quantitative estimate of drug-likeness (QED) is 0.665. The third-order valence-corrected chi connectivity index (χ3v) is 5.43. The zero-order chi connectivity index (χ0) is 16.9. The lowest BCUT2D eigenvalue weighted by Gasteiger charge is -2.16. The summed E-state index contributed by atoms with van der Waals surface area (Å²) in [7, 11) is 1.99. The molecule has 0 atom stereocenters. The second-order valence-corrected chi connectivity index (χ2v) is 7.52. The molecule has 0 spiro atoms. The first-order chi connectivity index (χ1) is 11.4. The summed E-state index contributed by atoms with van der Waals surface area (Å²) in [5.74, 6) is 0.778. The van der Waals surface area contributed by atoms with E-state index in [-0.39, 0.29) is 0 Å². The van der Waals surface area contributed by atoms with E-state index in [0.29, 0.717) is 5.56 Å². The maximum atomic E-state index is 12.9. The molecule has 1 aliphatic heterocycles. The molecule has 4 rings (SSSR count). The molecule has 1 fully saturated rings. The van der Waals surface area contributed by atoms with Gasteiger partial charge in [-0.1, -0.05) is 18.2 Å². The van der Waals surface area contributed by atoms with Gasteiger partial charge in [-0.2, -0.15) is 13.2 Å². The minimum Gasteiger partial charge on any atom is -0.300 e. The van der Waals surface area contributed by atoms with Crippen molar-refractivity contribution in [2.75, 3.05) is 22.2 Å². The van der Waals surface area contributed by atoms with E-state index in [1.54, 1.807) is 18.2 Å². The second-order valence-electron chi connectivity index (χ2n) is 6.37. The average molecular weight is 350 g/mol. The summed E-state index contributed by atoms with van der Waals surface area (Å²) in [6.07, 6.45) is -1.74. The van der Waals surface area contributed by atoms with Crippen LogP contribution in [-0.2, 0) is 6.18 Å². The lowest BCUT2D eigenvalue weighted by molar-refractivity contribution is -0.137. The minimum absolute atomic E-state index is 0.590. The van der Waals surface area contributed by atoms with Crippen LogP contribution in [0.15, 0.2) is 42.5 Å². The van der Waals surface area contributed by atoms with Crippen LogP contribution < -0.4 is 8.61 Å². The van der Waals surface area contributed by atoms with Crippen molar-refractivity contribution in [3.63, 3.8) is 0 Å². The maximum Gasteiger partial charge on any atom is 0.416 e. The third-order valence-electron chi connectivity index (χ3n) is 4.45. The summed E-state index contributed by atoms with van der Waals surface area (Å²) in [4.78, 5) is 0. The van der Waals surface area contributed by atoms with Crippen molar-refractivity contribution in [2.24, 2.45) is 5.92 Å². The highest BCUT2D eigenvalue weighted by molar-refractivity contribution is 8.02. The van der Waals surface area contributed by atoms with Gasteiger partial charge >= 0.3 is 6.18 Å². The second kappa shape index (κ2) is 5.62. The standard InChI is InChI=1S/C18H17F3N2S/c1-22-17-10-14(13-3-2-4-15(9-13)18(19,20)21)7-8-16(17)23(24-22)11-12-5-6-12/h2-4,7-10,12H,5-6,11H2,1H3. The molecule has 0 aromatic heterocycles. The molecule has 6 heteroatoms. The van der Waals surface area contributed by atoms with Gasteiger partial charge in [-0.3, -0.25) is 8.61 Å². The van der Waals surface area contributed by atoms with E-state index in [9.17, 15) is 13.2 Å². The Morgan fingerprint density at radius 1 is 1.04 bits per heavy atom. The Bertz CT molecular complexity index is 771. The first-order valence-electron chi connectivity index (χ1n) is 7.93. The van der Waals surface area contributed by atoms with E-state index in [1.165, 1.54) is 25.0 Å². The normalized spacial score (nSPS) is 17.3. The van der Waals surface area contributed by atoms with E-state index < -0.39 is 11.7 Å². The number of hydrogen-bond donors (Lipinski definition) is 0. The highest BCUT2D eigenvalue weighted by Gasteiger charge is 2.32. The minimum atomic E-state index is -4.32. The molecule has 0 radical (unpaired) electrons. The lowest BCUT2D eigenvalue weighted by Crippen LogP contribution is -2.16. The molecule has 126 valence electrons. The van der Waals surface area contributed by atoms with Crippen molar-refractivity contribution in [2.45, 2.75) is 19.0 Å². The van der Waals surface area contributed by atoms with Gasteiger partial charge in [0.15, 0.2) is 0 Å². The van der Waals surface area contributed by atoms with Gasteiger partial charge in [-0.15, -0.1) is 0 Å². The number of hydrogen-bond acceptors (Lipinski definition) is 3. The molecule has 0 saturated heterocycles. The summed E-state index contributed by atoms with van der Waals surface area (Å²) in [5.41, 5.74) is 2.98. The SMILES string of the molecule is CN1SN(CC2CC2)c2ccc(-c3cccc(C(F)(F)F)c3)cc21. The molecule has 2 aromatic rings. The van der Waals surface area contributed by atoms with Gasteiger partial charge in [0, 0.05) is 13.6 Å². The molecular formula is C18H17F3N2S. The van der Waals surface area contributed by atoms with Crippen LogP contribution in [0.4, 0.5) is 24.5 Å². The molecule has 2 aromatic carbocycles. The van der Waals surface area contributed by atoms with Gasteiger partial charge in [-0.25, -0.2) is 0 Å². The number of benzene rings is 2. The van der Waals surface area contributed by atoms with E-state index in [4.69, 9.17) is 0 Å². The zero-order valence-electron chi connectivity index (χ0n) is 13.2. The summed E-state index contributed by atoms with van der Waals surface area (Å²) in [6, 6.07) is 11.4. The van der Waals surface area contributed by atoms with Crippen LogP contribution in [0.5, 0.6) is 0 Å². The molecule has 24 heavy (non-hydrogen) atoms. The highest BCUT2D eigenvalue weighted by Crippen LogP contribution is 2.47. The van der Waals surface area contributed by atoms with Crippen molar-refractivity contribution in [3.05, 3.63) is 48.0 Å². The Kier molecular flexibility index (Phi) is 3.67. The fourth-order valence-corrected chi connectivity index (χ4v) is 3.99. The maximum absolute atomic E-state index is 12.9. The predicted molar refractivity (Wildman–Crippen MR) is 92.9 cm³/mol. The molecule has 0 amide bonds. The summed E-state index contributed by atoms with van der Waals surface area (Å²) in [6.45, 7) is 1.03. The zero-order valence-corrected chi connectivity index (χ0v) is 14.0. The molecule has 0 bridgehead atoms. The first-order valence-corrected chi connectivity index (χ1v) is 8.66. The summed E-state index contributed by atoms with van der Waals surface area (Å²) in [5, 5.41) is 0. The topological polar surface area (TPSA) is 6.48 Å². The van der Waals surface area contributed by atoms with Crippen molar-refractivity contribution in [1.82, 2.24) is 0 Å². The Balaban J connectivity index is 1.67. The number of alkyl halides is 3. The average Bonchev–Trinajstić information content (AvgIpc) is 3.31. The molecule has 1 saturated carbocycles. The lowest BCUT2D eigenvalue weighted by atomic mass is 10.0. The fraction of sp³-hybridized carbons (Fsp3) is 0.333. The number of nitrogens with zero attached hydrogens (tertiary/aromatic N) is 2. The van der Waals surface area contributed by atoms with Crippen LogP contribution in [0, 0.1) is 5.92 Å². The van der Waals surface area contributed by atoms with Gasteiger partial charge in [0.25, 0.3) is 0 Å². The van der Waals surface area contributed by atoms with Gasteiger partial charge in [0.1, 0.15) is 0 Å². The Hall–Kier alpha value is -1.82. The van der Waals surface area contributed by atoms with Crippen LogP contribution in [0.2, 0.25) is 0 Å². The fourth-order valence-electron chi connectivity index (χ4n) is 2.94. The largest absolute Gasteiger partial charge is 0.416 e. The molecule has 0 unspecified atom stereocenters. The molecular weight excluding hydrogens is 333 g/mol. The van der Waals surface area contributed by atoms with Crippen LogP contribution >= 0.6 is 12.1 Å². The van der Waals surface area contributed by atoms with Crippen LogP contribution in [0.3, 0.4) is 0 Å². The van der Waals surface area contributed by atoms with Crippen molar-refractivity contribution in [3.8, 4) is 11.1 Å². The Morgan fingerprint density at radius 3 is 2.50 bits per heavy atom. The number of rotatable bonds is 3. The van der Waals surface area contributed by atoms with Crippen molar-refractivity contribution in [1.29, 1.82) is 0 Å². The summed E-state index contributed by atoms with van der Waals surface area (Å²) >= 11 is 1.66. The molecule has 1 aliphatic carbocycles. The van der Waals surface area contributed by atoms with Crippen LogP contribution in [0.1, 0.15) is 18.4 Å². The number of halogens is 3. The molecule has 2 nitrogen and oxygen atoms in total.